The Balaban J connectivity index is 1.52. The Kier molecular flexibility index (Phi) is 6.28. The van der Waals surface area contributed by atoms with Gasteiger partial charge in [-0.1, -0.05) is 36.4 Å². The molecule has 0 saturated carbocycles. The molecule has 160 valence electrons. The molecule has 1 fully saturated rings. The van der Waals surface area contributed by atoms with E-state index in [0.29, 0.717) is 31.0 Å². The van der Waals surface area contributed by atoms with E-state index in [1.54, 1.807) is 12.4 Å². The smallest absolute Gasteiger partial charge is 0.315 e. The third-order valence-electron chi connectivity index (χ3n) is 5.99. The van der Waals surface area contributed by atoms with Crippen molar-refractivity contribution in [3.05, 3.63) is 78.2 Å². The zero-order valence-corrected chi connectivity index (χ0v) is 17.7. The minimum atomic E-state index is -0.955. The van der Waals surface area contributed by atoms with Crippen LogP contribution in [0.25, 0.3) is 11.1 Å². The predicted octanol–water partition coefficient (Wildman–Crippen LogP) is 4.16. The molecule has 0 bridgehead atoms. The summed E-state index contributed by atoms with van der Waals surface area (Å²) in [4.78, 5) is 23.6. The van der Waals surface area contributed by atoms with Gasteiger partial charge in [-0.25, -0.2) is 4.98 Å². The summed E-state index contributed by atoms with van der Waals surface area (Å²) in [5, 5.41) is 10.1. The van der Waals surface area contributed by atoms with E-state index in [0.717, 1.165) is 30.8 Å². The highest BCUT2D eigenvalue weighted by Crippen LogP contribution is 2.36. The third-order valence-corrected chi connectivity index (χ3v) is 5.99. The number of nitrogens with zero attached hydrogens (tertiary/aromatic N) is 3. The van der Waals surface area contributed by atoms with Crippen molar-refractivity contribution in [1.82, 2.24) is 14.9 Å². The number of hydrogen-bond acceptors (Lipinski definition) is 5. The van der Waals surface area contributed by atoms with Gasteiger partial charge in [-0.05, 0) is 56.6 Å². The number of pyridine rings is 2. The van der Waals surface area contributed by atoms with Gasteiger partial charge in [0.05, 0.1) is 12.3 Å². The lowest BCUT2D eigenvalue weighted by atomic mass is 9.75. The van der Waals surface area contributed by atoms with E-state index >= 15 is 0 Å². The number of aromatic nitrogens is 2. The van der Waals surface area contributed by atoms with Crippen LogP contribution < -0.4 is 4.74 Å². The van der Waals surface area contributed by atoms with E-state index in [4.69, 9.17) is 4.74 Å². The molecule has 1 N–H and O–H groups in total. The molecule has 0 aliphatic carbocycles. The van der Waals surface area contributed by atoms with Crippen molar-refractivity contribution in [3.63, 3.8) is 0 Å². The number of aliphatic carboxylic acids is 1. The van der Waals surface area contributed by atoms with Gasteiger partial charge in [0.2, 0.25) is 5.88 Å². The number of benzene rings is 1. The van der Waals surface area contributed by atoms with E-state index in [-0.39, 0.29) is 0 Å². The predicted molar refractivity (Wildman–Crippen MR) is 119 cm³/mol. The average Bonchev–Trinajstić information content (AvgIpc) is 2.81. The summed E-state index contributed by atoms with van der Waals surface area (Å²) < 4.78 is 5.62. The number of ether oxygens (including phenoxy) is 1. The quantitative estimate of drug-likeness (QED) is 0.622. The third kappa shape index (κ3) is 4.44. The largest absolute Gasteiger partial charge is 0.481 e. The van der Waals surface area contributed by atoms with Gasteiger partial charge in [0.1, 0.15) is 5.41 Å². The molecule has 2 aromatic heterocycles. The van der Waals surface area contributed by atoms with E-state index in [1.807, 2.05) is 49.4 Å². The Morgan fingerprint density at radius 3 is 2.48 bits per heavy atom. The average molecular weight is 418 g/mol. The molecule has 0 spiro atoms. The normalized spacial score (nSPS) is 16.0. The molecule has 1 saturated heterocycles. The second-order valence-electron chi connectivity index (χ2n) is 7.87. The molecular weight excluding hydrogens is 390 g/mol. The van der Waals surface area contributed by atoms with Crippen LogP contribution in [0.5, 0.6) is 5.88 Å². The monoisotopic (exact) mass is 417 g/mol. The van der Waals surface area contributed by atoms with Gasteiger partial charge < -0.3 is 9.84 Å². The minimum absolute atomic E-state index is 0.525. The minimum Gasteiger partial charge on any atom is -0.481 e. The molecule has 6 nitrogen and oxygen atoms in total. The van der Waals surface area contributed by atoms with Crippen LogP contribution in [0, 0.1) is 0 Å². The molecule has 4 rings (SSSR count). The summed E-state index contributed by atoms with van der Waals surface area (Å²) in [6.45, 7) is 4.73. The molecule has 3 heterocycles. The van der Waals surface area contributed by atoms with Crippen LogP contribution >= 0.6 is 0 Å². The fourth-order valence-electron chi connectivity index (χ4n) is 4.21. The highest BCUT2D eigenvalue weighted by Gasteiger charge is 2.44. The lowest BCUT2D eigenvalue weighted by Crippen LogP contribution is -2.47. The second-order valence-corrected chi connectivity index (χ2v) is 7.87. The fourth-order valence-corrected chi connectivity index (χ4v) is 4.21. The number of piperidine rings is 1. The maximum atomic E-state index is 12.3. The molecule has 0 unspecified atom stereocenters. The van der Waals surface area contributed by atoms with Crippen molar-refractivity contribution in [1.29, 1.82) is 0 Å². The summed E-state index contributed by atoms with van der Waals surface area (Å²) in [5.41, 5.74) is 2.62. The maximum absolute atomic E-state index is 12.3. The SMILES string of the molecule is CCOc1ncccc1-c1ccc(C2(C(=O)O)CCN(Cc3ccccc3)CC2)nc1. The molecule has 1 aromatic carbocycles. The standard InChI is InChI=1S/C25H27N3O3/c1-2-31-23-21(9-6-14-26-23)20-10-11-22(27-17-20)25(24(29)30)12-15-28(16-13-25)18-19-7-4-3-5-8-19/h3-11,14,17H,2,12-13,15-16,18H2,1H3,(H,29,30). The summed E-state index contributed by atoms with van der Waals surface area (Å²) in [6, 6.07) is 17.8. The van der Waals surface area contributed by atoms with Gasteiger partial charge in [-0.15, -0.1) is 0 Å². The Morgan fingerprint density at radius 1 is 1.06 bits per heavy atom. The fraction of sp³-hybridized carbons (Fsp3) is 0.320. The van der Waals surface area contributed by atoms with Gasteiger partial charge in [0.25, 0.3) is 0 Å². The number of carbonyl (C=O) groups is 1. The lowest BCUT2D eigenvalue weighted by molar-refractivity contribution is -0.146. The Hall–Kier alpha value is -3.25. The van der Waals surface area contributed by atoms with Crippen molar-refractivity contribution in [2.45, 2.75) is 31.7 Å². The van der Waals surface area contributed by atoms with Gasteiger partial charge in [-0.3, -0.25) is 14.7 Å². The molecule has 6 heteroatoms. The highest BCUT2D eigenvalue weighted by molar-refractivity contribution is 5.81. The Morgan fingerprint density at radius 2 is 1.84 bits per heavy atom. The van der Waals surface area contributed by atoms with Gasteiger partial charge >= 0.3 is 5.97 Å². The molecule has 0 amide bonds. The topological polar surface area (TPSA) is 75.6 Å². The van der Waals surface area contributed by atoms with Crippen LogP contribution in [0.3, 0.4) is 0 Å². The number of carboxylic acid groups (broad SMARTS) is 1. The summed E-state index contributed by atoms with van der Waals surface area (Å²) in [7, 11) is 0. The first-order valence-electron chi connectivity index (χ1n) is 10.7. The van der Waals surface area contributed by atoms with Gasteiger partial charge in [0.15, 0.2) is 0 Å². The van der Waals surface area contributed by atoms with E-state index in [1.165, 1.54) is 5.56 Å². The van der Waals surface area contributed by atoms with Crippen molar-refractivity contribution in [2.24, 2.45) is 0 Å². The van der Waals surface area contributed by atoms with Crippen LogP contribution in [0.4, 0.5) is 0 Å². The number of rotatable bonds is 7. The van der Waals surface area contributed by atoms with Crippen molar-refractivity contribution < 1.29 is 14.6 Å². The van der Waals surface area contributed by atoms with Crippen molar-refractivity contribution >= 4 is 5.97 Å². The van der Waals surface area contributed by atoms with Crippen LogP contribution in [-0.2, 0) is 16.8 Å². The van der Waals surface area contributed by atoms with Crippen LogP contribution in [0.15, 0.2) is 67.0 Å². The molecule has 3 aromatic rings. The Bertz CT molecular complexity index is 1010. The van der Waals surface area contributed by atoms with E-state index in [2.05, 4.69) is 27.0 Å². The molecule has 1 aliphatic heterocycles. The van der Waals surface area contributed by atoms with E-state index in [9.17, 15) is 9.90 Å². The lowest BCUT2D eigenvalue weighted by Gasteiger charge is -2.38. The van der Waals surface area contributed by atoms with Gasteiger partial charge in [-0.2, -0.15) is 0 Å². The summed E-state index contributed by atoms with van der Waals surface area (Å²) in [5.74, 6) is -0.245. The zero-order valence-electron chi connectivity index (χ0n) is 17.7. The van der Waals surface area contributed by atoms with Crippen molar-refractivity contribution in [2.75, 3.05) is 19.7 Å². The maximum Gasteiger partial charge on any atom is 0.315 e. The summed E-state index contributed by atoms with van der Waals surface area (Å²) >= 11 is 0. The zero-order chi connectivity index (χ0) is 21.7. The molecule has 0 radical (unpaired) electrons. The van der Waals surface area contributed by atoms with Crippen LogP contribution in [0.2, 0.25) is 0 Å². The highest BCUT2D eigenvalue weighted by atomic mass is 16.5. The Labute approximate surface area is 182 Å². The van der Waals surface area contributed by atoms with Crippen LogP contribution in [0.1, 0.15) is 31.0 Å². The summed E-state index contributed by atoms with van der Waals surface area (Å²) in [6.07, 6.45) is 4.51. The number of hydrogen-bond donors (Lipinski definition) is 1. The molecule has 31 heavy (non-hydrogen) atoms. The molecular formula is C25H27N3O3. The van der Waals surface area contributed by atoms with Crippen LogP contribution in [-0.4, -0.2) is 45.6 Å². The first kappa shape index (κ1) is 21.0. The van der Waals surface area contributed by atoms with Gasteiger partial charge in [0, 0.05) is 30.1 Å². The molecule has 1 aliphatic rings. The first-order valence-corrected chi connectivity index (χ1v) is 10.7. The molecule has 0 atom stereocenters. The first-order chi connectivity index (χ1) is 15.1. The second kappa shape index (κ2) is 9.27. The number of likely N-dealkylation sites (tertiary alicyclic amines) is 1. The van der Waals surface area contributed by atoms with Crippen molar-refractivity contribution in [3.8, 4) is 17.0 Å². The number of carboxylic acids is 1. The van der Waals surface area contributed by atoms with E-state index < -0.39 is 11.4 Å².